The number of rotatable bonds is 0. The van der Waals surface area contributed by atoms with Gasteiger partial charge in [0.2, 0.25) is 0 Å². The molecule has 2 atom stereocenters. The van der Waals surface area contributed by atoms with Gasteiger partial charge < -0.3 is 0 Å². The summed E-state index contributed by atoms with van der Waals surface area (Å²) in [6, 6.07) is 0. The molecule has 0 aromatic rings. The fourth-order valence-electron chi connectivity index (χ4n) is 4.86. The topological polar surface area (TPSA) is 17.1 Å². The van der Waals surface area contributed by atoms with Gasteiger partial charge in [0.05, 0.1) is 0 Å². The SMILES string of the molecule is CC1(C)C2=CC(=O)CC(C)(C)C23CCC1C3. The van der Waals surface area contributed by atoms with Crippen LogP contribution in [0.5, 0.6) is 0 Å². The minimum absolute atomic E-state index is 0.177. The Morgan fingerprint density at radius 3 is 2.62 bits per heavy atom. The average Bonchev–Trinajstić information content (AvgIpc) is 2.63. The van der Waals surface area contributed by atoms with Gasteiger partial charge in [-0.1, -0.05) is 33.3 Å². The number of allylic oxidation sites excluding steroid dienone is 2. The largest absolute Gasteiger partial charge is 0.295 e. The number of carbonyl (C=O) groups excluding carboxylic acids is 1. The maximum absolute atomic E-state index is 11.9. The molecule has 1 spiro atoms. The lowest BCUT2D eigenvalue weighted by atomic mass is 9.53. The zero-order chi connectivity index (χ0) is 11.8. The van der Waals surface area contributed by atoms with Crippen LogP contribution in [0.3, 0.4) is 0 Å². The standard InChI is InChI=1S/C15H22O/c1-13(2)9-11(16)7-12-14(3,4)10-5-6-15(12,13)8-10/h7,10H,5-6,8-9H2,1-4H3. The molecule has 0 amide bonds. The van der Waals surface area contributed by atoms with Crippen molar-refractivity contribution in [1.29, 1.82) is 0 Å². The van der Waals surface area contributed by atoms with Crippen LogP contribution in [0.25, 0.3) is 0 Å². The van der Waals surface area contributed by atoms with E-state index in [1.165, 1.54) is 24.8 Å². The maximum Gasteiger partial charge on any atom is 0.156 e. The van der Waals surface area contributed by atoms with Crippen molar-refractivity contribution < 1.29 is 4.79 Å². The highest BCUT2D eigenvalue weighted by Gasteiger charge is 2.64. The van der Waals surface area contributed by atoms with Gasteiger partial charge >= 0.3 is 0 Å². The van der Waals surface area contributed by atoms with Crippen molar-refractivity contribution in [2.75, 3.05) is 0 Å². The van der Waals surface area contributed by atoms with E-state index in [0.29, 0.717) is 11.2 Å². The molecule has 0 radical (unpaired) electrons. The minimum Gasteiger partial charge on any atom is -0.295 e. The molecule has 3 rings (SSSR count). The van der Waals surface area contributed by atoms with E-state index in [9.17, 15) is 4.79 Å². The van der Waals surface area contributed by atoms with Crippen LogP contribution in [-0.4, -0.2) is 5.78 Å². The Labute approximate surface area is 98.3 Å². The molecular weight excluding hydrogens is 196 g/mol. The second kappa shape index (κ2) is 2.63. The van der Waals surface area contributed by atoms with Crippen molar-refractivity contribution in [2.45, 2.75) is 53.4 Å². The van der Waals surface area contributed by atoms with Gasteiger partial charge in [-0.05, 0) is 47.5 Å². The van der Waals surface area contributed by atoms with Crippen LogP contribution in [0, 0.1) is 22.2 Å². The third-order valence-corrected chi connectivity index (χ3v) is 5.96. The summed E-state index contributed by atoms with van der Waals surface area (Å²) in [5.74, 6) is 1.16. The van der Waals surface area contributed by atoms with E-state index < -0.39 is 0 Å². The molecular formula is C15H22O. The number of hydrogen-bond donors (Lipinski definition) is 0. The Bertz CT molecular complexity index is 400. The highest BCUT2D eigenvalue weighted by Crippen LogP contribution is 2.73. The summed E-state index contributed by atoms with van der Waals surface area (Å²) in [7, 11) is 0. The van der Waals surface area contributed by atoms with Gasteiger partial charge in [0.15, 0.2) is 5.78 Å². The van der Waals surface area contributed by atoms with Crippen molar-refractivity contribution in [3.05, 3.63) is 11.6 Å². The van der Waals surface area contributed by atoms with E-state index in [2.05, 4.69) is 27.7 Å². The first kappa shape index (κ1) is 10.6. The van der Waals surface area contributed by atoms with E-state index >= 15 is 0 Å². The summed E-state index contributed by atoms with van der Waals surface area (Å²) < 4.78 is 0. The second-order valence-electron chi connectivity index (χ2n) is 7.33. The Morgan fingerprint density at radius 2 is 1.94 bits per heavy atom. The number of fused-ring (bicyclic) bond motifs is 1. The molecule has 2 fully saturated rings. The first-order chi connectivity index (χ1) is 7.30. The summed E-state index contributed by atoms with van der Waals surface area (Å²) in [4.78, 5) is 11.9. The van der Waals surface area contributed by atoms with Crippen molar-refractivity contribution in [2.24, 2.45) is 22.2 Å². The lowest BCUT2D eigenvalue weighted by Gasteiger charge is -2.50. The highest BCUT2D eigenvalue weighted by molar-refractivity contribution is 5.93. The Morgan fingerprint density at radius 1 is 1.25 bits per heavy atom. The fourth-order valence-corrected chi connectivity index (χ4v) is 4.86. The smallest absolute Gasteiger partial charge is 0.156 e. The summed E-state index contributed by atoms with van der Waals surface area (Å²) in [5.41, 5.74) is 2.29. The highest BCUT2D eigenvalue weighted by atomic mass is 16.1. The molecule has 0 aliphatic heterocycles. The summed E-state index contributed by atoms with van der Waals surface area (Å²) in [5, 5.41) is 0. The van der Waals surface area contributed by atoms with E-state index in [1.54, 1.807) is 0 Å². The lowest BCUT2D eigenvalue weighted by Crippen LogP contribution is -2.43. The second-order valence-corrected chi connectivity index (χ2v) is 7.33. The van der Waals surface area contributed by atoms with Crippen molar-refractivity contribution >= 4 is 5.78 Å². The number of hydrogen-bond acceptors (Lipinski definition) is 1. The summed E-state index contributed by atoms with van der Waals surface area (Å²) >= 11 is 0. The number of ketones is 1. The molecule has 3 aliphatic carbocycles. The average molecular weight is 218 g/mol. The van der Waals surface area contributed by atoms with Crippen LogP contribution >= 0.6 is 0 Å². The molecule has 0 N–H and O–H groups in total. The Balaban J connectivity index is 2.22. The molecule has 0 heterocycles. The lowest BCUT2D eigenvalue weighted by molar-refractivity contribution is -0.119. The van der Waals surface area contributed by atoms with Crippen LogP contribution in [-0.2, 0) is 4.79 Å². The molecule has 3 aliphatic rings. The van der Waals surface area contributed by atoms with Gasteiger partial charge in [-0.25, -0.2) is 0 Å². The summed E-state index contributed by atoms with van der Waals surface area (Å²) in [6.07, 6.45) is 6.75. The van der Waals surface area contributed by atoms with Gasteiger partial charge in [-0.3, -0.25) is 4.79 Å². The third-order valence-electron chi connectivity index (χ3n) is 5.96. The van der Waals surface area contributed by atoms with Gasteiger partial charge in [0, 0.05) is 6.42 Å². The van der Waals surface area contributed by atoms with Crippen LogP contribution < -0.4 is 0 Å². The molecule has 0 aromatic heterocycles. The molecule has 88 valence electrons. The Hall–Kier alpha value is -0.590. The monoisotopic (exact) mass is 218 g/mol. The van der Waals surface area contributed by atoms with E-state index in [1.807, 2.05) is 6.08 Å². The van der Waals surface area contributed by atoms with Crippen LogP contribution in [0.15, 0.2) is 11.6 Å². The minimum atomic E-state index is 0.177. The quantitative estimate of drug-likeness (QED) is 0.605. The zero-order valence-electron chi connectivity index (χ0n) is 10.9. The van der Waals surface area contributed by atoms with Crippen molar-refractivity contribution in [3.8, 4) is 0 Å². The van der Waals surface area contributed by atoms with Crippen LogP contribution in [0.2, 0.25) is 0 Å². The molecule has 2 unspecified atom stereocenters. The van der Waals surface area contributed by atoms with Crippen LogP contribution in [0.4, 0.5) is 0 Å². The van der Waals surface area contributed by atoms with Gasteiger partial charge in [-0.2, -0.15) is 0 Å². The van der Waals surface area contributed by atoms with Gasteiger partial charge in [-0.15, -0.1) is 0 Å². The van der Waals surface area contributed by atoms with Gasteiger partial charge in [0.1, 0.15) is 0 Å². The molecule has 1 nitrogen and oxygen atoms in total. The predicted octanol–water partition coefficient (Wildman–Crippen LogP) is 3.74. The third kappa shape index (κ3) is 0.959. The summed E-state index contributed by atoms with van der Waals surface area (Å²) in [6.45, 7) is 9.31. The molecule has 2 bridgehead atoms. The van der Waals surface area contributed by atoms with Crippen molar-refractivity contribution in [1.82, 2.24) is 0 Å². The van der Waals surface area contributed by atoms with Crippen LogP contribution in [0.1, 0.15) is 53.4 Å². The molecule has 16 heavy (non-hydrogen) atoms. The predicted molar refractivity (Wildman–Crippen MR) is 65.0 cm³/mol. The van der Waals surface area contributed by atoms with E-state index in [4.69, 9.17) is 0 Å². The molecule has 1 heteroatoms. The zero-order valence-corrected chi connectivity index (χ0v) is 10.9. The molecule has 2 saturated carbocycles. The first-order valence-electron chi connectivity index (χ1n) is 6.55. The fraction of sp³-hybridized carbons (Fsp3) is 0.800. The molecule has 0 saturated heterocycles. The maximum atomic E-state index is 11.9. The van der Waals surface area contributed by atoms with Crippen molar-refractivity contribution in [3.63, 3.8) is 0 Å². The number of carbonyl (C=O) groups is 1. The normalized spacial score (nSPS) is 43.1. The van der Waals surface area contributed by atoms with E-state index in [0.717, 1.165) is 12.3 Å². The Kier molecular flexibility index (Phi) is 1.73. The van der Waals surface area contributed by atoms with Gasteiger partial charge in [0.25, 0.3) is 0 Å². The van der Waals surface area contributed by atoms with E-state index in [-0.39, 0.29) is 10.8 Å². The molecule has 0 aromatic carbocycles. The first-order valence-corrected chi connectivity index (χ1v) is 6.55.